The molecule has 2 aromatic heterocycles. The van der Waals surface area contributed by atoms with Crippen LogP contribution in [0.2, 0.25) is 0 Å². The Hall–Kier alpha value is -2.57. The number of nitrogens with one attached hydrogen (secondary N) is 2. The van der Waals surface area contributed by atoms with Crippen LogP contribution in [0.25, 0.3) is 0 Å². The number of carbonyl (C=O) groups is 2. The third-order valence-electron chi connectivity index (χ3n) is 3.60. The molecular weight excluding hydrogens is 284 g/mol. The van der Waals surface area contributed by atoms with Crippen molar-refractivity contribution in [2.24, 2.45) is 0 Å². The summed E-state index contributed by atoms with van der Waals surface area (Å²) in [6.45, 7) is 4.66. The van der Waals surface area contributed by atoms with Crippen LogP contribution in [0.5, 0.6) is 0 Å². The summed E-state index contributed by atoms with van der Waals surface area (Å²) in [6, 6.07) is 0.987. The van der Waals surface area contributed by atoms with E-state index in [-0.39, 0.29) is 5.91 Å². The smallest absolute Gasteiger partial charge is 0.328 e. The number of aryl methyl sites for hydroxylation is 1. The second kappa shape index (κ2) is 6.93. The van der Waals surface area contributed by atoms with Gasteiger partial charge in [-0.05, 0) is 19.9 Å². The molecule has 2 heterocycles. The number of rotatable bonds is 6. The van der Waals surface area contributed by atoms with E-state index in [1.807, 2.05) is 24.6 Å². The molecule has 0 bridgehead atoms. The number of nitrogens with zero attached hydrogens (tertiary/aromatic N) is 2. The second-order valence-electron chi connectivity index (χ2n) is 4.93. The van der Waals surface area contributed by atoms with Crippen molar-refractivity contribution in [1.82, 2.24) is 19.9 Å². The second-order valence-corrected chi connectivity index (χ2v) is 4.93. The van der Waals surface area contributed by atoms with Crippen molar-refractivity contribution in [1.29, 1.82) is 0 Å². The first kappa shape index (κ1) is 15.8. The van der Waals surface area contributed by atoms with Crippen LogP contribution in [-0.2, 0) is 22.5 Å². The molecule has 0 radical (unpaired) electrons. The molecule has 7 heteroatoms. The van der Waals surface area contributed by atoms with Crippen LogP contribution in [0.4, 0.5) is 0 Å². The number of aromatic amines is 1. The van der Waals surface area contributed by atoms with Crippen molar-refractivity contribution in [3.63, 3.8) is 0 Å². The molecule has 22 heavy (non-hydrogen) atoms. The van der Waals surface area contributed by atoms with Crippen LogP contribution in [0.1, 0.15) is 28.7 Å². The van der Waals surface area contributed by atoms with E-state index in [4.69, 9.17) is 4.74 Å². The lowest BCUT2D eigenvalue weighted by Crippen LogP contribution is -2.43. The molecule has 0 saturated carbocycles. The molecule has 7 nitrogen and oxygen atoms in total. The van der Waals surface area contributed by atoms with Crippen LogP contribution in [0.15, 0.2) is 24.8 Å². The number of hydrogen-bond acceptors (Lipinski definition) is 4. The monoisotopic (exact) mass is 304 g/mol. The maximum absolute atomic E-state index is 12.4. The summed E-state index contributed by atoms with van der Waals surface area (Å²) >= 11 is 0. The van der Waals surface area contributed by atoms with Crippen LogP contribution in [0.3, 0.4) is 0 Å². The first-order valence-electron chi connectivity index (χ1n) is 7.08. The van der Waals surface area contributed by atoms with Gasteiger partial charge in [-0.3, -0.25) is 4.79 Å². The van der Waals surface area contributed by atoms with Gasteiger partial charge in [0.2, 0.25) is 0 Å². The van der Waals surface area contributed by atoms with E-state index >= 15 is 0 Å². The Morgan fingerprint density at radius 3 is 2.82 bits per heavy atom. The highest BCUT2D eigenvalue weighted by Gasteiger charge is 2.24. The molecule has 1 atom stereocenters. The fraction of sp³-hybridized carbons (Fsp3) is 0.400. The highest BCUT2D eigenvalue weighted by atomic mass is 16.5. The molecule has 2 aromatic rings. The normalized spacial score (nSPS) is 12.0. The molecule has 0 aromatic carbocycles. The fourth-order valence-electron chi connectivity index (χ4n) is 2.32. The van der Waals surface area contributed by atoms with Gasteiger partial charge in [-0.15, -0.1) is 0 Å². The quantitative estimate of drug-likeness (QED) is 0.781. The molecule has 0 fully saturated rings. The maximum atomic E-state index is 12.4. The van der Waals surface area contributed by atoms with Gasteiger partial charge in [-0.1, -0.05) is 0 Å². The zero-order chi connectivity index (χ0) is 16.1. The van der Waals surface area contributed by atoms with Gasteiger partial charge >= 0.3 is 5.97 Å². The molecule has 0 aliphatic heterocycles. The molecule has 2 N–H and O–H groups in total. The van der Waals surface area contributed by atoms with Crippen molar-refractivity contribution < 1.29 is 14.3 Å². The van der Waals surface area contributed by atoms with Crippen molar-refractivity contribution in [2.75, 3.05) is 7.11 Å². The molecular formula is C15H20N4O3. The Labute approximate surface area is 128 Å². The van der Waals surface area contributed by atoms with Gasteiger partial charge in [-0.2, -0.15) is 0 Å². The predicted molar refractivity (Wildman–Crippen MR) is 80.4 cm³/mol. The van der Waals surface area contributed by atoms with Crippen LogP contribution < -0.4 is 5.32 Å². The van der Waals surface area contributed by atoms with E-state index in [1.54, 1.807) is 12.3 Å². The highest BCUT2D eigenvalue weighted by Crippen LogP contribution is 2.11. The number of amides is 1. The van der Waals surface area contributed by atoms with E-state index < -0.39 is 12.0 Å². The van der Waals surface area contributed by atoms with Crippen LogP contribution >= 0.6 is 0 Å². The lowest BCUT2D eigenvalue weighted by Gasteiger charge is -2.16. The average molecular weight is 304 g/mol. The summed E-state index contributed by atoms with van der Waals surface area (Å²) < 4.78 is 6.73. The molecule has 0 spiro atoms. The van der Waals surface area contributed by atoms with Gasteiger partial charge in [0, 0.05) is 36.7 Å². The number of aromatic nitrogens is 3. The summed E-state index contributed by atoms with van der Waals surface area (Å²) in [5.41, 5.74) is 2.17. The van der Waals surface area contributed by atoms with Gasteiger partial charge < -0.3 is 19.6 Å². The third kappa shape index (κ3) is 3.36. The van der Waals surface area contributed by atoms with E-state index in [2.05, 4.69) is 15.3 Å². The van der Waals surface area contributed by atoms with Crippen LogP contribution in [-0.4, -0.2) is 39.6 Å². The highest BCUT2D eigenvalue weighted by molar-refractivity contribution is 5.97. The van der Waals surface area contributed by atoms with Gasteiger partial charge in [0.05, 0.1) is 19.0 Å². The standard InChI is InChI=1S/C15H20N4O3/c1-4-19-6-5-12(10(19)2)14(20)18-13(15(21)22-3)7-11-8-16-9-17-11/h5-6,8-9,13H,4,7H2,1-3H3,(H,16,17)(H,18,20)/t13-/m1/s1. The summed E-state index contributed by atoms with van der Waals surface area (Å²) in [4.78, 5) is 31.1. The summed E-state index contributed by atoms with van der Waals surface area (Å²) in [7, 11) is 1.30. The Morgan fingerprint density at radius 1 is 1.50 bits per heavy atom. The summed E-state index contributed by atoms with van der Waals surface area (Å²) in [5.74, 6) is -0.782. The SMILES string of the molecule is CCn1ccc(C(=O)N[C@H](Cc2cnc[nH]2)C(=O)OC)c1C. The number of imidazole rings is 1. The number of esters is 1. The number of carbonyl (C=O) groups excluding carboxylic acids is 2. The fourth-order valence-corrected chi connectivity index (χ4v) is 2.32. The minimum atomic E-state index is -0.762. The van der Waals surface area contributed by atoms with Crippen molar-refractivity contribution in [2.45, 2.75) is 32.9 Å². The molecule has 2 rings (SSSR count). The lowest BCUT2D eigenvalue weighted by atomic mass is 10.1. The predicted octanol–water partition coefficient (Wildman–Crippen LogP) is 1.05. The molecule has 0 unspecified atom stereocenters. The molecule has 0 saturated heterocycles. The summed E-state index contributed by atoms with van der Waals surface area (Å²) in [5, 5.41) is 2.73. The zero-order valence-electron chi connectivity index (χ0n) is 12.9. The number of ether oxygens (including phenoxy) is 1. The van der Waals surface area contributed by atoms with Gasteiger partial charge in [-0.25, -0.2) is 9.78 Å². The van der Waals surface area contributed by atoms with Crippen molar-refractivity contribution in [3.8, 4) is 0 Å². The lowest BCUT2D eigenvalue weighted by molar-refractivity contribution is -0.142. The third-order valence-corrected chi connectivity index (χ3v) is 3.60. The zero-order valence-corrected chi connectivity index (χ0v) is 12.9. The van der Waals surface area contributed by atoms with Crippen molar-refractivity contribution in [3.05, 3.63) is 41.7 Å². The number of hydrogen-bond donors (Lipinski definition) is 2. The molecule has 118 valence electrons. The van der Waals surface area contributed by atoms with Gasteiger partial charge in [0.15, 0.2) is 0 Å². The van der Waals surface area contributed by atoms with E-state index in [9.17, 15) is 9.59 Å². The van der Waals surface area contributed by atoms with Crippen molar-refractivity contribution >= 4 is 11.9 Å². The average Bonchev–Trinajstić information content (AvgIpc) is 3.14. The Kier molecular flexibility index (Phi) is 4.98. The Morgan fingerprint density at radius 2 is 2.27 bits per heavy atom. The first-order chi connectivity index (χ1) is 10.6. The van der Waals surface area contributed by atoms with E-state index in [0.717, 1.165) is 17.9 Å². The Bertz CT molecular complexity index is 646. The van der Waals surface area contributed by atoms with Gasteiger partial charge in [0.1, 0.15) is 6.04 Å². The van der Waals surface area contributed by atoms with E-state index in [0.29, 0.717) is 12.0 Å². The van der Waals surface area contributed by atoms with E-state index in [1.165, 1.54) is 13.4 Å². The number of methoxy groups -OCH3 is 1. The topological polar surface area (TPSA) is 89.0 Å². The largest absolute Gasteiger partial charge is 0.467 e. The maximum Gasteiger partial charge on any atom is 0.328 e. The molecule has 0 aliphatic rings. The minimum absolute atomic E-state index is 0.292. The summed E-state index contributed by atoms with van der Waals surface area (Å²) in [6.07, 6.45) is 5.29. The Balaban J connectivity index is 2.13. The minimum Gasteiger partial charge on any atom is -0.467 e. The van der Waals surface area contributed by atoms with Crippen LogP contribution in [0, 0.1) is 6.92 Å². The van der Waals surface area contributed by atoms with Gasteiger partial charge in [0.25, 0.3) is 5.91 Å². The molecule has 1 amide bonds. The first-order valence-corrected chi connectivity index (χ1v) is 7.08. The number of H-pyrrole nitrogens is 1. The molecule has 0 aliphatic carbocycles.